The lowest BCUT2D eigenvalue weighted by Crippen LogP contribution is -2.67. The number of hydrogen-bond donors (Lipinski definition) is 0. The van der Waals surface area contributed by atoms with E-state index in [2.05, 4.69) is 152 Å². The van der Waals surface area contributed by atoms with Crippen LogP contribution in [0, 0.1) is 0 Å². The molecular weight excluding hydrogens is 549 g/mol. The summed E-state index contributed by atoms with van der Waals surface area (Å²) in [5, 5.41) is 2.51. The predicted molar refractivity (Wildman–Crippen MR) is 185 cm³/mol. The van der Waals surface area contributed by atoms with E-state index in [0.717, 1.165) is 31.0 Å². The standard InChI is InChI=1S/C37H54O3Si2/c1-8-21-33(40-41(9-2,10-3)11-4)28-29-34(38-30-32-22-15-12-16-23-32)31-39-42(37(5,6)7,35-24-17-13-18-25-35)36-26-19-14-20-27-36/h8,12-27,33-34H,9-11,28-31H2,1-7H3/b21-8+/t33-,34-/m0/s1. The highest BCUT2D eigenvalue weighted by Crippen LogP contribution is 2.37. The maximum Gasteiger partial charge on any atom is 0.261 e. The van der Waals surface area contributed by atoms with Crippen LogP contribution >= 0.6 is 0 Å². The van der Waals surface area contributed by atoms with E-state index >= 15 is 0 Å². The summed E-state index contributed by atoms with van der Waals surface area (Å²) in [4.78, 5) is 0. The second-order valence-electron chi connectivity index (χ2n) is 12.4. The molecule has 0 saturated heterocycles. The van der Waals surface area contributed by atoms with Gasteiger partial charge in [-0.25, -0.2) is 0 Å². The van der Waals surface area contributed by atoms with Crippen LogP contribution in [-0.4, -0.2) is 35.4 Å². The second-order valence-corrected chi connectivity index (χ2v) is 21.4. The summed E-state index contributed by atoms with van der Waals surface area (Å²) in [7, 11) is -4.40. The molecule has 42 heavy (non-hydrogen) atoms. The SMILES string of the molecule is C/C=C/[C@@H](CC[C@@H](CO[Si](c1ccccc1)(c1ccccc1)C(C)(C)C)OCc1ccccc1)O[Si](CC)(CC)CC. The lowest BCUT2D eigenvalue weighted by Gasteiger charge is -2.43. The second kappa shape index (κ2) is 16.5. The van der Waals surface area contributed by atoms with E-state index < -0.39 is 16.6 Å². The Morgan fingerprint density at radius 1 is 0.714 bits per heavy atom. The lowest BCUT2D eigenvalue weighted by molar-refractivity contribution is -0.00310. The van der Waals surface area contributed by atoms with Gasteiger partial charge in [-0.1, -0.05) is 145 Å². The van der Waals surface area contributed by atoms with Gasteiger partial charge in [0.25, 0.3) is 8.32 Å². The molecule has 0 aliphatic heterocycles. The third-order valence-electron chi connectivity index (χ3n) is 8.75. The van der Waals surface area contributed by atoms with Crippen molar-refractivity contribution in [1.29, 1.82) is 0 Å². The van der Waals surface area contributed by atoms with Gasteiger partial charge < -0.3 is 13.6 Å². The summed E-state index contributed by atoms with van der Waals surface area (Å²) in [6.45, 7) is 17.1. The maximum absolute atomic E-state index is 7.34. The van der Waals surface area contributed by atoms with Crippen LogP contribution in [0.5, 0.6) is 0 Å². The van der Waals surface area contributed by atoms with Crippen LogP contribution in [-0.2, 0) is 20.2 Å². The molecule has 0 N–H and O–H groups in total. The van der Waals surface area contributed by atoms with Crippen LogP contribution in [0.25, 0.3) is 0 Å². The summed E-state index contributed by atoms with van der Waals surface area (Å²) in [5.41, 5.74) is 1.18. The molecule has 0 aliphatic carbocycles. The largest absolute Gasteiger partial charge is 0.411 e. The van der Waals surface area contributed by atoms with Crippen molar-refractivity contribution >= 4 is 27.0 Å². The van der Waals surface area contributed by atoms with Gasteiger partial charge in [-0.2, -0.15) is 0 Å². The van der Waals surface area contributed by atoms with Crippen molar-refractivity contribution < 1.29 is 13.6 Å². The molecule has 0 unspecified atom stereocenters. The number of hydrogen-bond acceptors (Lipinski definition) is 3. The lowest BCUT2D eigenvalue weighted by atomic mass is 10.1. The highest BCUT2D eigenvalue weighted by Gasteiger charge is 2.50. The molecule has 0 amide bonds. The van der Waals surface area contributed by atoms with Crippen LogP contribution in [0.4, 0.5) is 0 Å². The van der Waals surface area contributed by atoms with Crippen molar-refractivity contribution in [2.24, 2.45) is 0 Å². The van der Waals surface area contributed by atoms with E-state index in [4.69, 9.17) is 13.6 Å². The molecule has 0 aliphatic rings. The van der Waals surface area contributed by atoms with E-state index in [1.165, 1.54) is 15.9 Å². The summed E-state index contributed by atoms with van der Waals surface area (Å²) in [6.07, 6.45) is 6.25. The average molecular weight is 603 g/mol. The molecule has 3 rings (SSSR count). The summed E-state index contributed by atoms with van der Waals surface area (Å²) >= 11 is 0. The zero-order valence-electron chi connectivity index (χ0n) is 27.1. The minimum absolute atomic E-state index is 0.0517. The molecular formula is C37H54O3Si2. The maximum atomic E-state index is 7.34. The van der Waals surface area contributed by atoms with E-state index in [-0.39, 0.29) is 17.2 Å². The first-order valence-electron chi connectivity index (χ1n) is 15.9. The Bertz CT molecular complexity index is 1120. The van der Waals surface area contributed by atoms with Crippen molar-refractivity contribution in [3.63, 3.8) is 0 Å². The van der Waals surface area contributed by atoms with E-state index in [1.807, 2.05) is 0 Å². The third kappa shape index (κ3) is 8.87. The Morgan fingerprint density at radius 2 is 1.21 bits per heavy atom. The van der Waals surface area contributed by atoms with Gasteiger partial charge in [0, 0.05) is 0 Å². The Labute approximate surface area is 258 Å². The zero-order chi connectivity index (χ0) is 30.5. The molecule has 2 atom stereocenters. The molecule has 3 aromatic rings. The molecule has 0 radical (unpaired) electrons. The Hall–Kier alpha value is -2.29. The van der Waals surface area contributed by atoms with Gasteiger partial charge in [0.1, 0.15) is 0 Å². The minimum atomic E-state index is -2.67. The van der Waals surface area contributed by atoms with Gasteiger partial charge in [-0.15, -0.1) is 0 Å². The summed E-state index contributed by atoms with van der Waals surface area (Å²) in [6, 6.07) is 35.7. The van der Waals surface area contributed by atoms with Crippen LogP contribution in [0.3, 0.4) is 0 Å². The van der Waals surface area contributed by atoms with Crippen molar-refractivity contribution in [2.75, 3.05) is 6.61 Å². The first kappa shape index (κ1) is 34.2. The Balaban J connectivity index is 1.92. The minimum Gasteiger partial charge on any atom is -0.411 e. The van der Waals surface area contributed by atoms with E-state index in [1.54, 1.807) is 0 Å². The monoisotopic (exact) mass is 602 g/mol. The molecule has 0 bridgehead atoms. The third-order valence-corrected chi connectivity index (χ3v) is 18.4. The molecule has 0 aromatic heterocycles. The van der Waals surface area contributed by atoms with E-state index in [9.17, 15) is 0 Å². The first-order valence-corrected chi connectivity index (χ1v) is 20.4. The fourth-order valence-corrected chi connectivity index (χ4v) is 13.5. The molecule has 3 aromatic carbocycles. The van der Waals surface area contributed by atoms with Crippen molar-refractivity contribution in [3.8, 4) is 0 Å². The van der Waals surface area contributed by atoms with E-state index in [0.29, 0.717) is 13.2 Å². The van der Waals surface area contributed by atoms with Crippen LogP contribution in [0.2, 0.25) is 23.2 Å². The molecule has 0 spiro atoms. The smallest absolute Gasteiger partial charge is 0.261 e. The van der Waals surface area contributed by atoms with Gasteiger partial charge >= 0.3 is 0 Å². The zero-order valence-corrected chi connectivity index (χ0v) is 29.1. The molecule has 228 valence electrons. The van der Waals surface area contributed by atoms with Crippen LogP contribution in [0.1, 0.15) is 66.9 Å². The van der Waals surface area contributed by atoms with Gasteiger partial charge in [0.15, 0.2) is 8.32 Å². The average Bonchev–Trinajstić information content (AvgIpc) is 3.02. The van der Waals surface area contributed by atoms with Crippen LogP contribution < -0.4 is 10.4 Å². The molecule has 0 fully saturated rings. The Morgan fingerprint density at radius 3 is 1.67 bits per heavy atom. The van der Waals surface area contributed by atoms with Gasteiger partial charge in [0.2, 0.25) is 0 Å². The molecule has 5 heteroatoms. The summed E-state index contributed by atoms with van der Waals surface area (Å²) < 4.78 is 21.0. The number of benzene rings is 3. The summed E-state index contributed by atoms with van der Waals surface area (Å²) in [5.74, 6) is 0. The quantitative estimate of drug-likeness (QED) is 0.114. The Kier molecular flexibility index (Phi) is 13.5. The highest BCUT2D eigenvalue weighted by molar-refractivity contribution is 6.99. The highest BCUT2D eigenvalue weighted by atomic mass is 28.4. The predicted octanol–water partition coefficient (Wildman–Crippen LogP) is 8.90. The topological polar surface area (TPSA) is 27.7 Å². The number of rotatable bonds is 17. The molecule has 0 saturated carbocycles. The van der Waals surface area contributed by atoms with Gasteiger partial charge in [-0.3, -0.25) is 0 Å². The molecule has 0 heterocycles. The number of ether oxygens (including phenoxy) is 1. The number of allylic oxidation sites excluding steroid dienone is 1. The fourth-order valence-electron chi connectivity index (χ4n) is 6.06. The molecule has 3 nitrogen and oxygen atoms in total. The van der Waals surface area contributed by atoms with Crippen molar-refractivity contribution in [3.05, 3.63) is 109 Å². The first-order chi connectivity index (χ1) is 20.2. The van der Waals surface area contributed by atoms with Crippen molar-refractivity contribution in [2.45, 2.75) is 103 Å². The van der Waals surface area contributed by atoms with Crippen molar-refractivity contribution in [1.82, 2.24) is 0 Å². The van der Waals surface area contributed by atoms with Gasteiger partial charge in [-0.05, 0) is 58.9 Å². The normalized spacial score (nSPS) is 14.3. The van der Waals surface area contributed by atoms with Crippen LogP contribution in [0.15, 0.2) is 103 Å². The van der Waals surface area contributed by atoms with Gasteiger partial charge in [0.05, 0.1) is 25.4 Å². The fraction of sp³-hybridized carbons (Fsp3) is 0.459.